The maximum atomic E-state index is 4.23. The van der Waals surface area contributed by atoms with Crippen LogP contribution in [0.25, 0.3) is 0 Å². The number of hydrogen-bond donors (Lipinski definition) is 1. The quantitative estimate of drug-likeness (QED) is 0.918. The van der Waals surface area contributed by atoms with Crippen molar-refractivity contribution < 1.29 is 0 Å². The van der Waals surface area contributed by atoms with Gasteiger partial charge >= 0.3 is 0 Å². The molecule has 88 valence electrons. The van der Waals surface area contributed by atoms with E-state index in [2.05, 4.69) is 39.3 Å². The van der Waals surface area contributed by atoms with E-state index < -0.39 is 0 Å². The van der Waals surface area contributed by atoms with E-state index >= 15 is 0 Å². The van der Waals surface area contributed by atoms with Crippen LogP contribution in [0.15, 0.2) is 22.9 Å². The van der Waals surface area contributed by atoms with E-state index in [4.69, 9.17) is 0 Å². The van der Waals surface area contributed by atoms with Crippen LogP contribution >= 0.6 is 15.9 Å². The van der Waals surface area contributed by atoms with Crippen LogP contribution in [0.1, 0.15) is 24.8 Å². The third-order valence-electron chi connectivity index (χ3n) is 3.54. The lowest BCUT2D eigenvalue weighted by atomic mass is 9.90. The largest absolute Gasteiger partial charge is 0.319 e. The second-order valence-corrected chi connectivity index (χ2v) is 5.64. The van der Waals surface area contributed by atoms with Gasteiger partial charge in [0.25, 0.3) is 0 Å². The van der Waals surface area contributed by atoms with Crippen molar-refractivity contribution in [1.82, 2.24) is 10.3 Å². The number of rotatable bonds is 4. The van der Waals surface area contributed by atoms with Crippen LogP contribution in [-0.2, 0) is 6.42 Å². The van der Waals surface area contributed by atoms with Crippen LogP contribution in [0.3, 0.4) is 0 Å². The molecule has 1 aliphatic rings. The van der Waals surface area contributed by atoms with Crippen LogP contribution in [0.5, 0.6) is 0 Å². The molecule has 1 aliphatic carbocycles. The van der Waals surface area contributed by atoms with Gasteiger partial charge in [-0.15, -0.1) is 0 Å². The smallest absolute Gasteiger partial charge is 0.0410 e. The molecule has 0 aliphatic heterocycles. The molecule has 0 saturated heterocycles. The molecule has 2 nitrogen and oxygen atoms in total. The average molecular weight is 283 g/mol. The minimum Gasteiger partial charge on any atom is -0.319 e. The maximum absolute atomic E-state index is 4.23. The molecular weight excluding hydrogens is 264 g/mol. The average Bonchev–Trinajstić information content (AvgIpc) is 2.66. The Balaban J connectivity index is 1.98. The van der Waals surface area contributed by atoms with Gasteiger partial charge < -0.3 is 5.32 Å². The molecule has 2 rings (SSSR count). The minimum absolute atomic E-state index is 0.837. The Labute approximate surface area is 106 Å². The van der Waals surface area contributed by atoms with Crippen LogP contribution in [0, 0.1) is 11.8 Å². The van der Waals surface area contributed by atoms with E-state index in [9.17, 15) is 0 Å². The molecular formula is C13H19BrN2. The summed E-state index contributed by atoms with van der Waals surface area (Å²) in [6.07, 6.45) is 9.17. The highest BCUT2D eigenvalue weighted by Crippen LogP contribution is 2.33. The van der Waals surface area contributed by atoms with Gasteiger partial charge in [0.05, 0.1) is 0 Å². The first kappa shape index (κ1) is 12.1. The monoisotopic (exact) mass is 282 g/mol. The van der Waals surface area contributed by atoms with Crippen molar-refractivity contribution >= 4 is 15.9 Å². The zero-order valence-corrected chi connectivity index (χ0v) is 11.3. The van der Waals surface area contributed by atoms with Crippen molar-refractivity contribution in [2.75, 3.05) is 13.6 Å². The van der Waals surface area contributed by atoms with Gasteiger partial charge in [-0.2, -0.15) is 0 Å². The highest BCUT2D eigenvalue weighted by atomic mass is 79.9. The van der Waals surface area contributed by atoms with Gasteiger partial charge in [0.2, 0.25) is 0 Å². The molecule has 2 atom stereocenters. The summed E-state index contributed by atoms with van der Waals surface area (Å²) in [6, 6.07) is 2.20. The van der Waals surface area contributed by atoms with E-state index in [0.29, 0.717) is 0 Å². The van der Waals surface area contributed by atoms with Crippen LogP contribution < -0.4 is 5.32 Å². The summed E-state index contributed by atoms with van der Waals surface area (Å²) in [5, 5.41) is 3.31. The molecule has 1 heterocycles. The second kappa shape index (κ2) is 5.78. The Kier molecular flexibility index (Phi) is 4.36. The molecule has 1 aromatic heterocycles. The SMILES string of the molecule is CNCC1CCCC1Cc1cncc(Br)c1. The van der Waals surface area contributed by atoms with Crippen LogP contribution in [0.4, 0.5) is 0 Å². The number of nitrogens with one attached hydrogen (secondary N) is 1. The third-order valence-corrected chi connectivity index (χ3v) is 3.98. The van der Waals surface area contributed by atoms with Crippen molar-refractivity contribution in [2.45, 2.75) is 25.7 Å². The van der Waals surface area contributed by atoms with E-state index in [-0.39, 0.29) is 0 Å². The van der Waals surface area contributed by atoms with Gasteiger partial charge in [-0.1, -0.05) is 6.42 Å². The molecule has 1 N–H and O–H groups in total. The lowest BCUT2D eigenvalue weighted by Gasteiger charge is -2.19. The number of halogens is 1. The summed E-state index contributed by atoms with van der Waals surface area (Å²) in [7, 11) is 2.05. The van der Waals surface area contributed by atoms with Crippen molar-refractivity contribution in [3.8, 4) is 0 Å². The molecule has 3 heteroatoms. The molecule has 0 aromatic carbocycles. The van der Waals surface area contributed by atoms with Crippen molar-refractivity contribution in [3.63, 3.8) is 0 Å². The fraction of sp³-hybridized carbons (Fsp3) is 0.615. The second-order valence-electron chi connectivity index (χ2n) is 4.72. The summed E-state index contributed by atoms with van der Waals surface area (Å²) in [6.45, 7) is 1.16. The molecule has 2 unspecified atom stereocenters. The zero-order valence-electron chi connectivity index (χ0n) is 9.75. The summed E-state index contributed by atoms with van der Waals surface area (Å²) >= 11 is 3.48. The van der Waals surface area contributed by atoms with Gasteiger partial charge in [-0.3, -0.25) is 4.98 Å². The fourth-order valence-corrected chi connectivity index (χ4v) is 3.20. The highest BCUT2D eigenvalue weighted by molar-refractivity contribution is 9.10. The van der Waals surface area contributed by atoms with Gasteiger partial charge in [-0.05, 0) is 72.3 Å². The predicted octanol–water partition coefficient (Wildman–Crippen LogP) is 3.02. The summed E-state index contributed by atoms with van der Waals surface area (Å²) in [5.74, 6) is 1.69. The maximum Gasteiger partial charge on any atom is 0.0410 e. The molecule has 0 bridgehead atoms. The Morgan fingerprint density at radius 1 is 1.38 bits per heavy atom. The van der Waals surface area contributed by atoms with Crippen LogP contribution in [0.2, 0.25) is 0 Å². The van der Waals surface area contributed by atoms with Crippen molar-refractivity contribution in [3.05, 3.63) is 28.5 Å². The van der Waals surface area contributed by atoms with E-state index in [1.54, 1.807) is 0 Å². The standard InChI is InChI=1S/C13H19BrN2/c1-15-8-12-4-2-3-11(12)5-10-6-13(14)9-16-7-10/h6-7,9,11-12,15H,2-5,8H2,1H3. The lowest BCUT2D eigenvalue weighted by Crippen LogP contribution is -2.23. The molecule has 1 fully saturated rings. The zero-order chi connectivity index (χ0) is 11.4. The molecule has 1 aromatic rings. The summed E-state index contributed by atoms with van der Waals surface area (Å²) in [4.78, 5) is 4.23. The summed E-state index contributed by atoms with van der Waals surface area (Å²) < 4.78 is 1.09. The lowest BCUT2D eigenvalue weighted by molar-refractivity contribution is 0.374. The number of hydrogen-bond acceptors (Lipinski definition) is 2. The molecule has 0 spiro atoms. The third kappa shape index (κ3) is 3.05. The van der Waals surface area contributed by atoms with E-state index in [1.165, 1.54) is 31.2 Å². The first-order chi connectivity index (χ1) is 7.79. The van der Waals surface area contributed by atoms with Crippen molar-refractivity contribution in [1.29, 1.82) is 0 Å². The van der Waals surface area contributed by atoms with Gasteiger partial charge in [0.1, 0.15) is 0 Å². The first-order valence-corrected chi connectivity index (χ1v) is 6.83. The highest BCUT2D eigenvalue weighted by Gasteiger charge is 2.26. The topological polar surface area (TPSA) is 24.9 Å². The molecule has 16 heavy (non-hydrogen) atoms. The first-order valence-electron chi connectivity index (χ1n) is 6.03. The van der Waals surface area contributed by atoms with Gasteiger partial charge in [0, 0.05) is 16.9 Å². The molecule has 1 saturated carbocycles. The predicted molar refractivity (Wildman–Crippen MR) is 70.4 cm³/mol. The molecule has 0 radical (unpaired) electrons. The fourth-order valence-electron chi connectivity index (χ4n) is 2.78. The number of aromatic nitrogens is 1. The Morgan fingerprint density at radius 3 is 2.94 bits per heavy atom. The van der Waals surface area contributed by atoms with E-state index in [0.717, 1.165) is 22.9 Å². The Hall–Kier alpha value is -0.410. The normalized spacial score (nSPS) is 24.9. The molecule has 0 amide bonds. The van der Waals surface area contributed by atoms with Gasteiger partial charge in [-0.25, -0.2) is 0 Å². The Morgan fingerprint density at radius 2 is 2.19 bits per heavy atom. The van der Waals surface area contributed by atoms with Crippen molar-refractivity contribution in [2.24, 2.45) is 11.8 Å². The number of pyridine rings is 1. The van der Waals surface area contributed by atoms with E-state index in [1.807, 2.05) is 12.4 Å². The van der Waals surface area contributed by atoms with Gasteiger partial charge in [0.15, 0.2) is 0 Å². The van der Waals surface area contributed by atoms with Crippen LogP contribution in [-0.4, -0.2) is 18.6 Å². The number of nitrogens with zero attached hydrogens (tertiary/aromatic N) is 1. The summed E-state index contributed by atoms with van der Waals surface area (Å²) in [5.41, 5.74) is 1.36. The Bertz CT molecular complexity index is 340. The minimum atomic E-state index is 0.837.